The Bertz CT molecular complexity index is 6470. The molecule has 0 saturated carbocycles. The first kappa shape index (κ1) is 58.1. The molecule has 1 unspecified atom stereocenters. The van der Waals surface area contributed by atoms with Gasteiger partial charge in [0.2, 0.25) is 0 Å². The molecule has 101 heavy (non-hydrogen) atoms. The van der Waals surface area contributed by atoms with Gasteiger partial charge in [0.1, 0.15) is 22.5 Å². The van der Waals surface area contributed by atoms with Crippen molar-refractivity contribution in [2.45, 2.75) is 12.3 Å². The Labute approximate surface area is 585 Å². The molecule has 0 amide bonds. The smallest absolute Gasteiger partial charge is 0.143 e. The highest BCUT2D eigenvalue weighted by Gasteiger charge is 2.32. The third-order valence-corrected chi connectivity index (χ3v) is 21.1. The Balaban J connectivity index is 0.873. The van der Waals surface area contributed by atoms with E-state index in [-0.39, 0.29) is 5.92 Å². The lowest BCUT2D eigenvalue weighted by Crippen LogP contribution is -2.07. The fourth-order valence-electron chi connectivity index (χ4n) is 16.4. The molecular formula is C98H63NO2. The number of hydrogen-bond donors (Lipinski definition) is 0. The monoisotopic (exact) mass is 1290 g/mol. The minimum absolute atomic E-state index is 0.00582. The van der Waals surface area contributed by atoms with Crippen LogP contribution in [-0.2, 0) is 0 Å². The summed E-state index contributed by atoms with van der Waals surface area (Å²) in [7, 11) is 0. The number of nitrogens with zero attached hydrogens (tertiary/aromatic N) is 1. The molecule has 0 aliphatic heterocycles. The molecule has 0 bridgehead atoms. The molecule has 0 saturated heterocycles. The van der Waals surface area contributed by atoms with E-state index in [1.54, 1.807) is 0 Å². The molecule has 1 atom stereocenters. The Morgan fingerprint density at radius 2 is 0.624 bits per heavy atom. The van der Waals surface area contributed by atoms with Crippen molar-refractivity contribution < 1.29 is 8.83 Å². The normalized spacial score (nSPS) is 13.1. The standard InChI is InChI=1S/C98H63NO2/c1-9-27-62(28-10-1)72-53-80(66-35-17-5-18-36-66)95-87(57-72)89-59-74(64-31-13-3-14-32-64)55-82(97(89)100-95)70-45-49-91-84(51-70)85-52-71(46-50-92(85)99(91)76-47-48-79-86(61-76)94(69-41-23-8-24-42-69)78-44-26-25-43-77(78)93(79)68-39-21-7-22-40-68)83-56-75(65-33-15-4-16-34-65)60-90-88-58-73(63-29-11-2-12-30-63)54-81(96(88)101-98(83)90)67-37-19-6-20-38-67/h1-53,55-61,81H,54H2. The van der Waals surface area contributed by atoms with Gasteiger partial charge in [-0.05, 0) is 196 Å². The fraction of sp³-hybridized carbons (Fsp3) is 0.0204. The predicted octanol–water partition coefficient (Wildman–Crippen LogP) is 27.1. The summed E-state index contributed by atoms with van der Waals surface area (Å²) in [5.74, 6) is 1.00. The topological polar surface area (TPSA) is 31.2 Å². The highest BCUT2D eigenvalue weighted by Crippen LogP contribution is 2.52. The molecule has 0 fully saturated rings. The van der Waals surface area contributed by atoms with E-state index in [4.69, 9.17) is 8.83 Å². The van der Waals surface area contributed by atoms with E-state index in [9.17, 15) is 0 Å². The lowest BCUT2D eigenvalue weighted by Gasteiger charge is -2.23. The summed E-state index contributed by atoms with van der Waals surface area (Å²) in [5.41, 5.74) is 28.7. The Kier molecular flexibility index (Phi) is 13.7. The Hall–Kier alpha value is -13.1. The van der Waals surface area contributed by atoms with Crippen molar-refractivity contribution in [3.63, 3.8) is 0 Å². The summed E-state index contributed by atoms with van der Waals surface area (Å²) in [4.78, 5) is 0. The zero-order valence-electron chi connectivity index (χ0n) is 55.2. The summed E-state index contributed by atoms with van der Waals surface area (Å²) in [5, 5.41) is 10.3. The van der Waals surface area contributed by atoms with Gasteiger partial charge >= 0.3 is 0 Å². The molecule has 16 aromatic carbocycles. The van der Waals surface area contributed by atoms with E-state index in [2.05, 4.69) is 369 Å². The lowest BCUT2D eigenvalue weighted by molar-refractivity contribution is 0.519. The summed E-state index contributed by atoms with van der Waals surface area (Å²) in [6, 6.07) is 131. The van der Waals surface area contributed by atoms with Gasteiger partial charge in [-0.25, -0.2) is 0 Å². The summed E-state index contributed by atoms with van der Waals surface area (Å²) < 4.78 is 17.5. The number of allylic oxidation sites excluding steroid dienone is 1. The van der Waals surface area contributed by atoms with Crippen LogP contribution in [0.2, 0.25) is 0 Å². The zero-order chi connectivity index (χ0) is 66.5. The van der Waals surface area contributed by atoms with Crippen LogP contribution >= 0.6 is 0 Å². The van der Waals surface area contributed by atoms with Gasteiger partial charge in [0.25, 0.3) is 0 Å². The quantitative estimate of drug-likeness (QED) is 0.121. The van der Waals surface area contributed by atoms with E-state index in [1.807, 2.05) is 0 Å². The van der Waals surface area contributed by atoms with Crippen molar-refractivity contribution in [1.82, 2.24) is 4.57 Å². The highest BCUT2D eigenvalue weighted by molar-refractivity contribution is 6.23. The second-order valence-corrected chi connectivity index (χ2v) is 26.9. The third-order valence-electron chi connectivity index (χ3n) is 21.1. The molecule has 3 nitrogen and oxygen atoms in total. The Morgan fingerprint density at radius 3 is 1.11 bits per heavy atom. The fourth-order valence-corrected chi connectivity index (χ4v) is 16.4. The van der Waals surface area contributed by atoms with Gasteiger partial charge in [-0.2, -0.15) is 0 Å². The lowest BCUT2D eigenvalue weighted by atomic mass is 9.80. The molecule has 0 N–H and O–H groups in total. The zero-order valence-corrected chi connectivity index (χ0v) is 55.2. The SMILES string of the molecule is C1=C(c2ccccc2)CC(c2ccccc2)c2oc3c(-c4ccc5c(c4)c4cc(-c6cc(-c7ccccc7)cc7c6oc6c(-c8ccccc8)cc(-c8ccccc8)cc67)ccc4n5-c4ccc5c(-c6ccccc6)c6ccccc6c(-c6ccccc6)c5c4)cc(-c4ccccc4)cc3c21. The molecule has 3 heteroatoms. The van der Waals surface area contributed by atoms with Crippen LogP contribution in [-0.4, -0.2) is 4.57 Å². The summed E-state index contributed by atoms with van der Waals surface area (Å²) in [6.07, 6.45) is 3.22. The van der Waals surface area contributed by atoms with E-state index in [1.165, 1.54) is 60.5 Å². The number of fused-ring (bicyclic) bond motifs is 11. The van der Waals surface area contributed by atoms with Crippen LogP contribution in [0.5, 0.6) is 0 Å². The van der Waals surface area contributed by atoms with Gasteiger partial charge in [0.15, 0.2) is 0 Å². The van der Waals surface area contributed by atoms with Crippen LogP contribution in [0.15, 0.2) is 367 Å². The average molecular weight is 1290 g/mol. The van der Waals surface area contributed by atoms with E-state index in [0.29, 0.717) is 0 Å². The number of rotatable bonds is 11. The van der Waals surface area contributed by atoms with Crippen LogP contribution in [0.1, 0.15) is 34.8 Å². The molecule has 0 radical (unpaired) electrons. The maximum absolute atomic E-state index is 7.55. The first-order valence-corrected chi connectivity index (χ1v) is 34.9. The van der Waals surface area contributed by atoms with Gasteiger partial charge in [-0.1, -0.05) is 285 Å². The molecule has 0 spiro atoms. The Morgan fingerprint density at radius 1 is 0.248 bits per heavy atom. The van der Waals surface area contributed by atoms with E-state index in [0.717, 1.165) is 145 Å². The second kappa shape index (κ2) is 23.9. The number of furan rings is 2. The first-order valence-electron chi connectivity index (χ1n) is 34.9. The third kappa shape index (κ3) is 9.80. The maximum atomic E-state index is 7.55. The van der Waals surface area contributed by atoms with Crippen molar-refractivity contribution in [1.29, 1.82) is 0 Å². The average Bonchev–Trinajstić information content (AvgIpc) is 1.70. The van der Waals surface area contributed by atoms with Crippen molar-refractivity contribution in [3.8, 4) is 94.7 Å². The van der Waals surface area contributed by atoms with Crippen LogP contribution in [0.4, 0.5) is 0 Å². The van der Waals surface area contributed by atoms with E-state index < -0.39 is 0 Å². The van der Waals surface area contributed by atoms with Crippen molar-refractivity contribution in [3.05, 3.63) is 380 Å². The molecule has 1 aliphatic rings. The van der Waals surface area contributed by atoms with Gasteiger partial charge in [0, 0.05) is 60.8 Å². The highest BCUT2D eigenvalue weighted by atomic mass is 16.3. The van der Waals surface area contributed by atoms with Crippen molar-refractivity contribution in [2.75, 3.05) is 0 Å². The van der Waals surface area contributed by atoms with Crippen LogP contribution in [0.3, 0.4) is 0 Å². The molecule has 1 aliphatic carbocycles. The van der Waals surface area contributed by atoms with Gasteiger partial charge in [0.05, 0.1) is 11.0 Å². The van der Waals surface area contributed by atoms with Crippen molar-refractivity contribution >= 4 is 87.9 Å². The van der Waals surface area contributed by atoms with Gasteiger partial charge < -0.3 is 13.4 Å². The van der Waals surface area contributed by atoms with Crippen LogP contribution in [0.25, 0.3) is 183 Å². The molecular weight excluding hydrogens is 1220 g/mol. The minimum atomic E-state index is 0.00582. The number of hydrogen-bond acceptors (Lipinski definition) is 2. The maximum Gasteiger partial charge on any atom is 0.143 e. The molecule has 472 valence electrons. The van der Waals surface area contributed by atoms with E-state index >= 15 is 0 Å². The van der Waals surface area contributed by atoms with Crippen molar-refractivity contribution in [2.24, 2.45) is 0 Å². The van der Waals surface area contributed by atoms with Gasteiger partial charge in [-0.3, -0.25) is 0 Å². The molecule has 3 aromatic heterocycles. The summed E-state index contributed by atoms with van der Waals surface area (Å²) >= 11 is 0. The summed E-state index contributed by atoms with van der Waals surface area (Å²) in [6.45, 7) is 0. The molecule has 19 aromatic rings. The van der Waals surface area contributed by atoms with Crippen LogP contribution in [0, 0.1) is 0 Å². The first-order chi connectivity index (χ1) is 50.1. The second-order valence-electron chi connectivity index (χ2n) is 26.9. The van der Waals surface area contributed by atoms with Gasteiger partial charge in [-0.15, -0.1) is 0 Å². The molecule has 3 heterocycles. The number of aromatic nitrogens is 1. The minimum Gasteiger partial charge on any atom is -0.459 e. The van der Waals surface area contributed by atoms with Crippen LogP contribution < -0.4 is 0 Å². The molecule has 20 rings (SSSR count). The predicted molar refractivity (Wildman–Crippen MR) is 424 cm³/mol. The largest absolute Gasteiger partial charge is 0.459 e. The number of benzene rings is 16.